The Morgan fingerprint density at radius 2 is 2.06 bits per heavy atom. The van der Waals surface area contributed by atoms with Crippen molar-refractivity contribution in [1.29, 1.82) is 0 Å². The lowest BCUT2D eigenvalue weighted by atomic mass is 10.2. The lowest BCUT2D eigenvalue weighted by Crippen LogP contribution is -2.44. The Morgan fingerprint density at radius 1 is 1.41 bits per heavy atom. The zero-order valence-corrected chi connectivity index (χ0v) is 13.4. The molecule has 1 saturated heterocycles. The number of halogens is 3. The van der Waals surface area contributed by atoms with E-state index in [9.17, 15) is 0 Å². The Kier molecular flexibility index (Phi) is 8.72. The molecule has 0 aliphatic carbocycles. The van der Waals surface area contributed by atoms with E-state index in [1.807, 2.05) is 6.08 Å². The average molecular weight is 360 g/mol. The first kappa shape index (κ1) is 17.4. The summed E-state index contributed by atoms with van der Waals surface area (Å²) < 4.78 is 1.20. The summed E-state index contributed by atoms with van der Waals surface area (Å²) >= 11 is 5.39. The smallest absolute Gasteiger partial charge is 0.0635 e. The Hall–Kier alpha value is 0.420. The summed E-state index contributed by atoms with van der Waals surface area (Å²) in [6.07, 6.45) is 2.04. The Morgan fingerprint density at radius 3 is 2.53 bits per heavy atom. The van der Waals surface area contributed by atoms with Crippen molar-refractivity contribution in [3.63, 3.8) is 0 Å². The van der Waals surface area contributed by atoms with Gasteiger partial charge in [-0.1, -0.05) is 6.08 Å². The highest BCUT2D eigenvalue weighted by atomic mass is 79.9. The van der Waals surface area contributed by atoms with Crippen LogP contribution in [-0.4, -0.2) is 31.1 Å². The molecular weight excluding hydrogens is 343 g/mol. The maximum absolute atomic E-state index is 3.96. The Labute approximate surface area is 127 Å². The van der Waals surface area contributed by atoms with Gasteiger partial charge >= 0.3 is 0 Å². The van der Waals surface area contributed by atoms with Gasteiger partial charge in [0.1, 0.15) is 0 Å². The van der Waals surface area contributed by atoms with E-state index in [4.69, 9.17) is 0 Å². The minimum Gasteiger partial charge on any atom is -0.314 e. The van der Waals surface area contributed by atoms with Gasteiger partial charge in [-0.2, -0.15) is 0 Å². The van der Waals surface area contributed by atoms with Crippen LogP contribution in [0.1, 0.15) is 10.9 Å². The molecule has 2 nitrogen and oxygen atoms in total. The van der Waals surface area contributed by atoms with Gasteiger partial charge in [-0.05, 0) is 27.4 Å². The van der Waals surface area contributed by atoms with Crippen LogP contribution in [0.4, 0.5) is 0 Å². The van der Waals surface area contributed by atoms with Crippen molar-refractivity contribution in [3.05, 3.63) is 33.5 Å². The number of piperazine rings is 1. The van der Waals surface area contributed by atoms with Crippen molar-refractivity contribution >= 4 is 52.1 Å². The third-order valence-electron chi connectivity index (χ3n) is 2.68. The molecule has 1 fully saturated rings. The molecule has 1 aliphatic heterocycles. The molecular formula is C11H17BrCl2N2S. The van der Waals surface area contributed by atoms with E-state index in [1.54, 1.807) is 11.3 Å². The summed E-state index contributed by atoms with van der Waals surface area (Å²) in [6, 6.07) is 2.47. The van der Waals surface area contributed by atoms with Crippen molar-refractivity contribution in [1.82, 2.24) is 10.2 Å². The largest absolute Gasteiger partial charge is 0.314 e. The molecule has 1 N–H and O–H groups in total. The fourth-order valence-electron chi connectivity index (χ4n) is 1.90. The second-order valence-electron chi connectivity index (χ2n) is 3.60. The van der Waals surface area contributed by atoms with E-state index in [2.05, 4.69) is 44.2 Å². The molecule has 0 saturated carbocycles. The predicted molar refractivity (Wildman–Crippen MR) is 83.9 cm³/mol. The molecule has 1 atom stereocenters. The number of hydrogen-bond donors (Lipinski definition) is 1. The summed E-state index contributed by atoms with van der Waals surface area (Å²) in [7, 11) is 0. The second-order valence-corrected chi connectivity index (χ2v) is 5.40. The van der Waals surface area contributed by atoms with Gasteiger partial charge < -0.3 is 5.32 Å². The van der Waals surface area contributed by atoms with E-state index >= 15 is 0 Å². The van der Waals surface area contributed by atoms with Gasteiger partial charge in [-0.3, -0.25) is 4.90 Å². The second kappa shape index (κ2) is 8.51. The number of nitrogens with one attached hydrogen (secondary N) is 1. The predicted octanol–water partition coefficient (Wildman–Crippen LogP) is 3.49. The fourth-order valence-corrected chi connectivity index (χ4v) is 3.64. The highest BCUT2D eigenvalue weighted by Gasteiger charge is 2.21. The number of nitrogens with zero attached hydrogens (tertiary/aromatic N) is 1. The Balaban J connectivity index is 0.00000128. The first-order valence-corrected chi connectivity index (χ1v) is 6.80. The molecule has 17 heavy (non-hydrogen) atoms. The summed E-state index contributed by atoms with van der Waals surface area (Å²) in [6.45, 7) is 8.31. The number of thiophene rings is 1. The number of rotatable bonds is 3. The fraction of sp³-hybridized carbons (Fsp3) is 0.455. The third-order valence-corrected chi connectivity index (χ3v) is 4.62. The van der Waals surface area contributed by atoms with E-state index in [1.165, 1.54) is 9.35 Å². The molecule has 0 radical (unpaired) electrons. The van der Waals surface area contributed by atoms with E-state index in [-0.39, 0.29) is 24.8 Å². The van der Waals surface area contributed by atoms with Crippen molar-refractivity contribution < 1.29 is 0 Å². The van der Waals surface area contributed by atoms with Gasteiger partial charge in [0, 0.05) is 35.5 Å². The van der Waals surface area contributed by atoms with Gasteiger partial charge in [0.2, 0.25) is 0 Å². The van der Waals surface area contributed by atoms with Crippen LogP contribution in [0.3, 0.4) is 0 Å². The summed E-state index contributed by atoms with van der Waals surface area (Å²) in [5, 5.41) is 5.49. The molecule has 98 valence electrons. The minimum absolute atomic E-state index is 0. The van der Waals surface area contributed by atoms with E-state index < -0.39 is 0 Å². The topological polar surface area (TPSA) is 15.3 Å². The van der Waals surface area contributed by atoms with Crippen molar-refractivity contribution in [3.8, 4) is 0 Å². The zero-order chi connectivity index (χ0) is 10.7. The highest BCUT2D eigenvalue weighted by molar-refractivity contribution is 9.10. The van der Waals surface area contributed by atoms with Crippen LogP contribution in [0.2, 0.25) is 0 Å². The van der Waals surface area contributed by atoms with Crippen LogP contribution in [0, 0.1) is 0 Å². The molecule has 1 aromatic rings. The minimum atomic E-state index is 0. The number of hydrogen-bond acceptors (Lipinski definition) is 3. The SMILES string of the molecule is C=C[C@@H](c1sccc1Br)N1CCNCC1.Cl.Cl. The van der Waals surface area contributed by atoms with Crippen LogP contribution in [0.5, 0.6) is 0 Å². The highest BCUT2D eigenvalue weighted by Crippen LogP contribution is 2.33. The van der Waals surface area contributed by atoms with Crippen LogP contribution < -0.4 is 5.32 Å². The first-order valence-electron chi connectivity index (χ1n) is 5.13. The lowest BCUT2D eigenvalue weighted by Gasteiger charge is -2.32. The van der Waals surface area contributed by atoms with Crippen molar-refractivity contribution in [2.45, 2.75) is 6.04 Å². The van der Waals surface area contributed by atoms with Crippen LogP contribution in [0.15, 0.2) is 28.6 Å². The quantitative estimate of drug-likeness (QED) is 0.831. The zero-order valence-electron chi connectivity index (χ0n) is 9.39. The van der Waals surface area contributed by atoms with Crippen molar-refractivity contribution in [2.24, 2.45) is 0 Å². The molecule has 6 heteroatoms. The normalized spacial score (nSPS) is 17.7. The van der Waals surface area contributed by atoms with Gasteiger partial charge in [0.25, 0.3) is 0 Å². The monoisotopic (exact) mass is 358 g/mol. The molecule has 0 amide bonds. The molecule has 1 aromatic heterocycles. The summed E-state index contributed by atoms with van der Waals surface area (Å²) in [5.74, 6) is 0. The van der Waals surface area contributed by atoms with E-state index in [0.717, 1.165) is 26.2 Å². The summed E-state index contributed by atoms with van der Waals surface area (Å²) in [5.41, 5.74) is 0. The molecule has 1 aliphatic rings. The summed E-state index contributed by atoms with van der Waals surface area (Å²) in [4.78, 5) is 3.84. The van der Waals surface area contributed by atoms with Crippen LogP contribution in [-0.2, 0) is 0 Å². The molecule has 0 bridgehead atoms. The molecule has 2 rings (SSSR count). The maximum atomic E-state index is 3.96. The Bertz CT molecular complexity index is 340. The van der Waals surface area contributed by atoms with Gasteiger partial charge in [0.15, 0.2) is 0 Å². The van der Waals surface area contributed by atoms with Gasteiger partial charge in [-0.15, -0.1) is 42.7 Å². The third kappa shape index (κ3) is 4.23. The maximum Gasteiger partial charge on any atom is 0.0635 e. The lowest BCUT2D eigenvalue weighted by molar-refractivity contribution is 0.205. The van der Waals surface area contributed by atoms with Gasteiger partial charge in [-0.25, -0.2) is 0 Å². The molecule has 0 unspecified atom stereocenters. The van der Waals surface area contributed by atoms with E-state index in [0.29, 0.717) is 6.04 Å². The van der Waals surface area contributed by atoms with Gasteiger partial charge in [0.05, 0.1) is 6.04 Å². The average Bonchev–Trinajstić information content (AvgIpc) is 2.68. The van der Waals surface area contributed by atoms with Crippen LogP contribution in [0.25, 0.3) is 0 Å². The standard InChI is InChI=1S/C11H15BrN2S.2ClH/c1-2-10(11-9(12)3-8-15-11)14-6-4-13-5-7-14;;/h2-3,8,10,13H,1,4-7H2;2*1H/t10-;;/m0../s1. The molecule has 0 spiro atoms. The van der Waals surface area contributed by atoms with Crippen LogP contribution >= 0.6 is 52.1 Å². The molecule has 2 heterocycles. The van der Waals surface area contributed by atoms with Crippen molar-refractivity contribution in [2.75, 3.05) is 26.2 Å². The first-order chi connectivity index (χ1) is 7.33. The molecule has 0 aromatic carbocycles.